The number of rotatable bonds is 4. The van der Waals surface area contributed by atoms with Crippen LogP contribution in [0.3, 0.4) is 0 Å². The highest BCUT2D eigenvalue weighted by Gasteiger charge is 2.25. The molecule has 0 aliphatic heterocycles. The second-order valence-electron chi connectivity index (χ2n) is 3.07. The maximum atomic E-state index is 13.0. The molecule has 0 bridgehead atoms. The Morgan fingerprint density at radius 1 is 0.765 bits per heavy atom. The van der Waals surface area contributed by atoms with Gasteiger partial charge < -0.3 is 5.32 Å². The van der Waals surface area contributed by atoms with Gasteiger partial charge in [0.25, 0.3) is 6.43 Å². The highest BCUT2D eigenvalue weighted by Crippen LogP contribution is 2.22. The van der Waals surface area contributed by atoms with Crippen molar-refractivity contribution < 1.29 is 30.7 Å². The fourth-order valence-corrected chi connectivity index (χ4v) is 1.11. The molecule has 0 aliphatic carbocycles. The molecule has 17 heavy (non-hydrogen) atoms. The second-order valence-corrected chi connectivity index (χ2v) is 3.07. The van der Waals surface area contributed by atoms with Gasteiger partial charge >= 0.3 is 0 Å². The summed E-state index contributed by atoms with van der Waals surface area (Å²) in [6, 6.07) is 0. The van der Waals surface area contributed by atoms with E-state index < -0.39 is 54.2 Å². The topological polar surface area (TPSA) is 12.0 Å². The van der Waals surface area contributed by atoms with Crippen molar-refractivity contribution in [3.8, 4) is 0 Å². The lowest BCUT2D eigenvalue weighted by atomic mass is 10.1. The summed E-state index contributed by atoms with van der Waals surface area (Å²) in [4.78, 5) is 0. The van der Waals surface area contributed by atoms with E-state index in [9.17, 15) is 30.7 Å². The second kappa shape index (κ2) is 5.35. The maximum Gasteiger partial charge on any atom is 0.250 e. The van der Waals surface area contributed by atoms with Gasteiger partial charge in [-0.25, -0.2) is 30.7 Å². The molecule has 0 amide bonds. The van der Waals surface area contributed by atoms with Gasteiger partial charge in [-0.05, 0) is 0 Å². The third-order valence-electron chi connectivity index (χ3n) is 1.90. The van der Waals surface area contributed by atoms with Crippen molar-refractivity contribution in [1.82, 2.24) is 5.32 Å². The van der Waals surface area contributed by atoms with E-state index in [1.807, 2.05) is 5.32 Å². The fraction of sp³-hybridized carbons (Fsp3) is 0.333. The molecule has 0 aromatic heterocycles. The first-order chi connectivity index (χ1) is 7.86. The summed E-state index contributed by atoms with van der Waals surface area (Å²) >= 11 is 0. The summed E-state index contributed by atoms with van der Waals surface area (Å²) in [5.41, 5.74) is -1.16. The highest BCUT2D eigenvalue weighted by molar-refractivity contribution is 5.23. The first-order valence-corrected chi connectivity index (χ1v) is 4.35. The zero-order chi connectivity index (χ0) is 13.2. The molecule has 96 valence electrons. The summed E-state index contributed by atoms with van der Waals surface area (Å²) in [5.74, 6) is -10.5. The van der Waals surface area contributed by atoms with E-state index in [0.717, 1.165) is 0 Å². The van der Waals surface area contributed by atoms with Crippen LogP contribution in [0.4, 0.5) is 30.7 Å². The zero-order valence-corrected chi connectivity index (χ0v) is 8.14. The van der Waals surface area contributed by atoms with Crippen LogP contribution < -0.4 is 5.32 Å². The minimum absolute atomic E-state index is 0.879. The SMILES string of the molecule is Fc1c(F)c(F)c(CNCC(F)F)c(F)c1F. The monoisotopic (exact) mass is 261 g/mol. The van der Waals surface area contributed by atoms with Crippen LogP contribution in [0.2, 0.25) is 0 Å². The van der Waals surface area contributed by atoms with Crippen molar-refractivity contribution in [3.05, 3.63) is 34.6 Å². The van der Waals surface area contributed by atoms with Crippen LogP contribution in [0, 0.1) is 29.1 Å². The molecule has 0 saturated carbocycles. The first kappa shape index (κ1) is 13.8. The van der Waals surface area contributed by atoms with Crippen molar-refractivity contribution >= 4 is 0 Å². The average Bonchev–Trinajstić information content (AvgIpc) is 2.28. The molecule has 0 atom stereocenters. The van der Waals surface area contributed by atoms with Gasteiger partial charge in [0.2, 0.25) is 5.82 Å². The molecule has 0 aliphatic rings. The minimum Gasteiger partial charge on any atom is -0.307 e. The lowest BCUT2D eigenvalue weighted by Crippen LogP contribution is -2.23. The fourth-order valence-electron chi connectivity index (χ4n) is 1.11. The lowest BCUT2D eigenvalue weighted by molar-refractivity contribution is 0.145. The maximum absolute atomic E-state index is 13.0. The lowest BCUT2D eigenvalue weighted by Gasteiger charge is -2.09. The Labute approximate surface area is 91.2 Å². The molecular formula is C9H6F7N. The molecule has 0 unspecified atom stereocenters. The molecule has 0 radical (unpaired) electrons. The van der Waals surface area contributed by atoms with Crippen LogP contribution in [0.1, 0.15) is 5.56 Å². The molecule has 0 fully saturated rings. The van der Waals surface area contributed by atoms with Gasteiger partial charge in [0.1, 0.15) is 0 Å². The van der Waals surface area contributed by atoms with E-state index >= 15 is 0 Å². The first-order valence-electron chi connectivity index (χ1n) is 4.35. The van der Waals surface area contributed by atoms with Crippen molar-refractivity contribution in [2.75, 3.05) is 6.54 Å². The van der Waals surface area contributed by atoms with E-state index in [1.54, 1.807) is 0 Å². The number of alkyl halides is 2. The number of benzene rings is 1. The Hall–Kier alpha value is -1.31. The predicted molar refractivity (Wildman–Crippen MR) is 43.9 cm³/mol. The summed E-state index contributed by atoms with van der Waals surface area (Å²) in [6.45, 7) is -1.80. The number of hydrogen-bond donors (Lipinski definition) is 1. The molecule has 8 heteroatoms. The van der Waals surface area contributed by atoms with Gasteiger partial charge in [-0.15, -0.1) is 0 Å². The smallest absolute Gasteiger partial charge is 0.250 e. The zero-order valence-electron chi connectivity index (χ0n) is 8.14. The number of halogens is 7. The van der Waals surface area contributed by atoms with Gasteiger partial charge in [-0.1, -0.05) is 0 Å². The summed E-state index contributed by atoms with van der Waals surface area (Å²) in [6.07, 6.45) is -2.80. The Balaban J connectivity index is 2.99. The van der Waals surface area contributed by atoms with E-state index in [1.165, 1.54) is 0 Å². The molecule has 0 spiro atoms. The molecule has 1 aromatic rings. The van der Waals surface area contributed by atoms with Crippen molar-refractivity contribution in [2.24, 2.45) is 0 Å². The van der Waals surface area contributed by atoms with E-state index in [0.29, 0.717) is 0 Å². The van der Waals surface area contributed by atoms with Crippen LogP contribution in [-0.4, -0.2) is 13.0 Å². The Bertz CT molecular complexity index is 389. The van der Waals surface area contributed by atoms with Crippen LogP contribution >= 0.6 is 0 Å². The van der Waals surface area contributed by atoms with Crippen molar-refractivity contribution in [1.29, 1.82) is 0 Å². The van der Waals surface area contributed by atoms with Crippen molar-refractivity contribution in [3.63, 3.8) is 0 Å². The molecule has 0 saturated heterocycles. The van der Waals surface area contributed by atoms with Gasteiger partial charge in [0.05, 0.1) is 6.54 Å². The third-order valence-corrected chi connectivity index (χ3v) is 1.90. The van der Waals surface area contributed by atoms with Crippen LogP contribution in [-0.2, 0) is 6.54 Å². The van der Waals surface area contributed by atoms with Gasteiger partial charge in [-0.3, -0.25) is 0 Å². The predicted octanol–water partition coefficient (Wildman–Crippen LogP) is 2.74. The van der Waals surface area contributed by atoms with Gasteiger partial charge in [0, 0.05) is 12.1 Å². The van der Waals surface area contributed by atoms with Crippen LogP contribution in [0.15, 0.2) is 0 Å². The minimum atomic E-state index is -2.80. The Morgan fingerprint density at radius 2 is 1.18 bits per heavy atom. The van der Waals surface area contributed by atoms with Crippen LogP contribution in [0.25, 0.3) is 0 Å². The molecule has 1 rings (SSSR count). The largest absolute Gasteiger partial charge is 0.307 e. The normalized spacial score (nSPS) is 11.3. The standard InChI is InChI=1S/C9H6F7N/c10-4(11)2-17-1-3-5(12)7(14)9(16)8(15)6(3)13/h4,17H,1-2H2. The highest BCUT2D eigenvalue weighted by atomic mass is 19.3. The van der Waals surface area contributed by atoms with E-state index in [-0.39, 0.29) is 0 Å². The average molecular weight is 261 g/mol. The third kappa shape index (κ3) is 2.87. The van der Waals surface area contributed by atoms with Crippen molar-refractivity contribution in [2.45, 2.75) is 13.0 Å². The summed E-state index contributed by atoms with van der Waals surface area (Å²) < 4.78 is 87.2. The van der Waals surface area contributed by atoms with Crippen LogP contribution in [0.5, 0.6) is 0 Å². The Kier molecular flexibility index (Phi) is 4.33. The van der Waals surface area contributed by atoms with Gasteiger partial charge in [-0.2, -0.15) is 0 Å². The quantitative estimate of drug-likeness (QED) is 0.499. The molecular weight excluding hydrogens is 255 g/mol. The summed E-state index contributed by atoms with van der Waals surface area (Å²) in [7, 11) is 0. The molecule has 1 aromatic carbocycles. The van der Waals surface area contributed by atoms with E-state index in [2.05, 4.69) is 0 Å². The molecule has 1 nitrogen and oxygen atoms in total. The summed E-state index contributed by atoms with van der Waals surface area (Å²) in [5, 5.41) is 1.87. The van der Waals surface area contributed by atoms with E-state index in [4.69, 9.17) is 0 Å². The van der Waals surface area contributed by atoms with Gasteiger partial charge in [0.15, 0.2) is 23.3 Å². The Morgan fingerprint density at radius 3 is 1.59 bits per heavy atom. The number of hydrogen-bond acceptors (Lipinski definition) is 1. The number of nitrogens with one attached hydrogen (secondary N) is 1. The molecule has 1 N–H and O–H groups in total. The molecule has 0 heterocycles.